The fourth-order valence-corrected chi connectivity index (χ4v) is 5.17. The molecule has 0 fully saturated rings. The Balaban J connectivity index is 1.47. The summed E-state index contributed by atoms with van der Waals surface area (Å²) in [5.41, 5.74) is 4.13. The molecule has 6 aromatic carbocycles. The standard InChI is InChI=1S/C37H28O2/c1-5-13-29(14-6-1)37(30-15-7-2-8-16-30,31-21-25-35(26-22-31)38-33-17-9-3-10-18-33)32-23-27-36(28-24-32)39-34-19-11-4-12-20-34/h1-28H. The third-order valence-electron chi connectivity index (χ3n) is 6.95. The SMILES string of the molecule is c1ccc(Oc2ccc(C(c3ccccc3)(c3ccccc3)c3ccc(Oc4ccccc4)cc3)cc2)cc1. The molecule has 6 rings (SSSR count). The first-order valence-electron chi connectivity index (χ1n) is 13.1. The van der Waals surface area contributed by atoms with Crippen LogP contribution >= 0.6 is 0 Å². The summed E-state index contributed by atoms with van der Waals surface area (Å²) in [6.45, 7) is 0. The first-order valence-corrected chi connectivity index (χ1v) is 13.1. The van der Waals surface area contributed by atoms with Gasteiger partial charge in [-0.15, -0.1) is 0 Å². The molecule has 0 atom stereocenters. The zero-order valence-electron chi connectivity index (χ0n) is 21.5. The Morgan fingerprint density at radius 1 is 0.256 bits per heavy atom. The molecular weight excluding hydrogens is 476 g/mol. The number of hydrogen-bond acceptors (Lipinski definition) is 2. The van der Waals surface area contributed by atoms with Gasteiger partial charge in [-0.25, -0.2) is 0 Å². The van der Waals surface area contributed by atoms with Crippen LogP contribution in [0.15, 0.2) is 170 Å². The molecule has 6 aromatic rings. The second-order valence-corrected chi connectivity index (χ2v) is 9.36. The van der Waals surface area contributed by atoms with Crippen LogP contribution in [0, 0.1) is 0 Å². The number of rotatable bonds is 8. The summed E-state index contributed by atoms with van der Waals surface area (Å²) < 4.78 is 12.2. The molecule has 0 spiro atoms. The van der Waals surface area contributed by atoms with E-state index in [1.54, 1.807) is 0 Å². The van der Waals surface area contributed by atoms with Gasteiger partial charge >= 0.3 is 0 Å². The van der Waals surface area contributed by atoms with Crippen molar-refractivity contribution < 1.29 is 9.47 Å². The van der Waals surface area contributed by atoms with Crippen molar-refractivity contribution in [1.29, 1.82) is 0 Å². The van der Waals surface area contributed by atoms with Gasteiger partial charge in [0.05, 0.1) is 5.41 Å². The molecule has 0 aromatic heterocycles. The van der Waals surface area contributed by atoms with Crippen molar-refractivity contribution in [3.05, 3.63) is 192 Å². The summed E-state index contributed by atoms with van der Waals surface area (Å²) >= 11 is 0. The Kier molecular flexibility index (Phi) is 6.92. The maximum absolute atomic E-state index is 6.12. The van der Waals surface area contributed by atoms with Crippen LogP contribution < -0.4 is 9.47 Å². The van der Waals surface area contributed by atoms with Crippen LogP contribution in [0.2, 0.25) is 0 Å². The van der Waals surface area contributed by atoms with E-state index in [0.29, 0.717) is 0 Å². The van der Waals surface area contributed by atoms with Crippen LogP contribution in [0.1, 0.15) is 22.3 Å². The first kappa shape index (κ1) is 24.3. The molecule has 0 unspecified atom stereocenters. The highest BCUT2D eigenvalue weighted by atomic mass is 16.5. The van der Waals surface area contributed by atoms with Gasteiger partial charge in [0, 0.05) is 0 Å². The van der Waals surface area contributed by atoms with Gasteiger partial charge in [-0.1, -0.05) is 121 Å². The lowest BCUT2D eigenvalue weighted by Gasteiger charge is -2.37. The lowest BCUT2D eigenvalue weighted by Crippen LogP contribution is -2.30. The quantitative estimate of drug-likeness (QED) is 0.192. The largest absolute Gasteiger partial charge is 0.457 e. The van der Waals surface area contributed by atoms with Gasteiger partial charge < -0.3 is 9.47 Å². The van der Waals surface area contributed by atoms with E-state index in [9.17, 15) is 0 Å². The van der Waals surface area contributed by atoms with Crippen LogP contribution in [0.3, 0.4) is 0 Å². The molecule has 0 saturated carbocycles. The molecular formula is C37H28O2. The third kappa shape index (κ3) is 5.05. The number of para-hydroxylation sites is 2. The van der Waals surface area contributed by atoms with E-state index in [2.05, 4.69) is 109 Å². The smallest absolute Gasteiger partial charge is 0.127 e. The third-order valence-corrected chi connectivity index (χ3v) is 6.95. The summed E-state index contributed by atoms with van der Waals surface area (Å²) in [5.74, 6) is 3.23. The molecule has 0 aliphatic heterocycles. The van der Waals surface area contributed by atoms with E-state index in [0.717, 1.165) is 34.1 Å². The van der Waals surface area contributed by atoms with Crippen molar-refractivity contribution in [3.63, 3.8) is 0 Å². The van der Waals surface area contributed by atoms with Gasteiger partial charge in [-0.05, 0) is 70.8 Å². The second kappa shape index (κ2) is 11.1. The zero-order valence-corrected chi connectivity index (χ0v) is 21.5. The maximum Gasteiger partial charge on any atom is 0.127 e. The Labute approximate surface area is 229 Å². The highest BCUT2D eigenvalue weighted by Gasteiger charge is 2.38. The molecule has 0 N–H and O–H groups in total. The van der Waals surface area contributed by atoms with Crippen LogP contribution in [-0.2, 0) is 5.41 Å². The highest BCUT2D eigenvalue weighted by molar-refractivity contribution is 5.60. The minimum absolute atomic E-state index is 0.543. The first-order chi connectivity index (χ1) is 19.3. The summed E-state index contributed by atoms with van der Waals surface area (Å²) in [5, 5.41) is 0. The van der Waals surface area contributed by atoms with Gasteiger partial charge in [0.1, 0.15) is 23.0 Å². The van der Waals surface area contributed by atoms with Gasteiger partial charge in [0.2, 0.25) is 0 Å². The summed E-state index contributed by atoms with van der Waals surface area (Å²) in [7, 11) is 0. The molecule has 0 radical (unpaired) electrons. The van der Waals surface area contributed by atoms with Gasteiger partial charge in [-0.3, -0.25) is 0 Å². The predicted octanol–water partition coefficient (Wildman–Crippen LogP) is 9.65. The minimum Gasteiger partial charge on any atom is -0.457 e. The maximum atomic E-state index is 6.12. The van der Waals surface area contributed by atoms with E-state index in [-0.39, 0.29) is 0 Å². The van der Waals surface area contributed by atoms with Crippen LogP contribution in [0.25, 0.3) is 0 Å². The van der Waals surface area contributed by atoms with Crippen molar-refractivity contribution in [2.45, 2.75) is 5.41 Å². The number of ether oxygens (including phenoxy) is 2. The lowest BCUT2D eigenvalue weighted by atomic mass is 9.65. The van der Waals surface area contributed by atoms with Crippen molar-refractivity contribution in [3.8, 4) is 23.0 Å². The monoisotopic (exact) mass is 504 g/mol. The minimum atomic E-state index is -0.543. The lowest BCUT2D eigenvalue weighted by molar-refractivity contribution is 0.482. The average Bonchev–Trinajstić information content (AvgIpc) is 3.01. The molecule has 2 heteroatoms. The van der Waals surface area contributed by atoms with Crippen LogP contribution in [0.4, 0.5) is 0 Å². The van der Waals surface area contributed by atoms with Crippen molar-refractivity contribution >= 4 is 0 Å². The topological polar surface area (TPSA) is 18.5 Å². The normalized spacial score (nSPS) is 11.1. The Bertz CT molecular complexity index is 1470. The van der Waals surface area contributed by atoms with Crippen molar-refractivity contribution in [2.75, 3.05) is 0 Å². The number of benzene rings is 6. The molecule has 0 aliphatic rings. The Hall–Kier alpha value is -5.08. The molecule has 0 heterocycles. The van der Waals surface area contributed by atoms with E-state index in [1.165, 1.54) is 11.1 Å². The van der Waals surface area contributed by atoms with Crippen LogP contribution in [-0.4, -0.2) is 0 Å². The fourth-order valence-electron chi connectivity index (χ4n) is 5.17. The molecule has 0 amide bonds. The second-order valence-electron chi connectivity index (χ2n) is 9.36. The van der Waals surface area contributed by atoms with Gasteiger partial charge in [0.25, 0.3) is 0 Å². The van der Waals surface area contributed by atoms with Gasteiger partial charge in [0.15, 0.2) is 0 Å². The average molecular weight is 505 g/mol. The van der Waals surface area contributed by atoms with Crippen LogP contribution in [0.5, 0.6) is 23.0 Å². The van der Waals surface area contributed by atoms with E-state index in [4.69, 9.17) is 9.47 Å². The van der Waals surface area contributed by atoms with E-state index in [1.807, 2.05) is 60.7 Å². The highest BCUT2D eigenvalue weighted by Crippen LogP contribution is 2.46. The van der Waals surface area contributed by atoms with Crippen molar-refractivity contribution in [1.82, 2.24) is 0 Å². The fraction of sp³-hybridized carbons (Fsp3) is 0.0270. The van der Waals surface area contributed by atoms with E-state index < -0.39 is 5.41 Å². The van der Waals surface area contributed by atoms with E-state index >= 15 is 0 Å². The number of hydrogen-bond donors (Lipinski definition) is 0. The molecule has 0 aliphatic carbocycles. The summed E-state index contributed by atoms with van der Waals surface area (Å²) in [4.78, 5) is 0. The Morgan fingerprint density at radius 2 is 0.513 bits per heavy atom. The molecule has 0 bridgehead atoms. The van der Waals surface area contributed by atoms with Crippen molar-refractivity contribution in [2.24, 2.45) is 0 Å². The molecule has 0 saturated heterocycles. The van der Waals surface area contributed by atoms with Gasteiger partial charge in [-0.2, -0.15) is 0 Å². The molecule has 188 valence electrons. The Morgan fingerprint density at radius 3 is 0.846 bits per heavy atom. The molecule has 2 nitrogen and oxygen atoms in total. The zero-order chi connectivity index (χ0) is 26.3. The summed E-state index contributed by atoms with van der Waals surface area (Å²) in [6, 6.07) is 58.0. The summed E-state index contributed by atoms with van der Waals surface area (Å²) in [6.07, 6.45) is 0. The molecule has 39 heavy (non-hydrogen) atoms. The predicted molar refractivity (Wildman–Crippen MR) is 158 cm³/mol.